The lowest BCUT2D eigenvalue weighted by Crippen LogP contribution is -2.05. The van der Waals surface area contributed by atoms with E-state index in [1.807, 2.05) is 43.4 Å². The summed E-state index contributed by atoms with van der Waals surface area (Å²) in [6, 6.07) is 11.8. The summed E-state index contributed by atoms with van der Waals surface area (Å²) < 4.78 is 10.6. The fourth-order valence-electron chi connectivity index (χ4n) is 2.03. The topological polar surface area (TPSA) is 30.5 Å². The zero-order valence-corrected chi connectivity index (χ0v) is 12.6. The molecule has 106 valence electrons. The van der Waals surface area contributed by atoms with Gasteiger partial charge in [0.05, 0.1) is 14.2 Å². The van der Waals surface area contributed by atoms with Crippen LogP contribution < -0.4 is 14.8 Å². The molecule has 2 rings (SSSR count). The van der Waals surface area contributed by atoms with E-state index in [0.717, 1.165) is 39.8 Å². The third-order valence-corrected chi connectivity index (χ3v) is 3.46. The maximum absolute atomic E-state index is 6.30. The van der Waals surface area contributed by atoms with Crippen LogP contribution in [0.2, 0.25) is 5.02 Å². The zero-order chi connectivity index (χ0) is 14.5. The molecule has 20 heavy (non-hydrogen) atoms. The van der Waals surface area contributed by atoms with E-state index in [1.165, 1.54) is 0 Å². The van der Waals surface area contributed by atoms with Gasteiger partial charge in [0.2, 0.25) is 0 Å². The van der Waals surface area contributed by atoms with E-state index in [2.05, 4.69) is 5.32 Å². The highest BCUT2D eigenvalue weighted by Gasteiger charge is 2.07. The molecule has 2 aromatic rings. The Balaban J connectivity index is 2.42. The molecule has 1 N–H and O–H groups in total. The molecule has 0 bridgehead atoms. The number of rotatable bonds is 5. The lowest BCUT2D eigenvalue weighted by atomic mass is 10.0. The Hall–Kier alpha value is -1.71. The van der Waals surface area contributed by atoms with Crippen molar-refractivity contribution in [2.45, 2.75) is 6.54 Å². The second kappa shape index (κ2) is 6.64. The van der Waals surface area contributed by atoms with Crippen LogP contribution in [0, 0.1) is 0 Å². The van der Waals surface area contributed by atoms with Crippen molar-refractivity contribution in [2.24, 2.45) is 0 Å². The van der Waals surface area contributed by atoms with Gasteiger partial charge in [0.15, 0.2) is 0 Å². The molecule has 0 aliphatic carbocycles. The largest absolute Gasteiger partial charge is 0.497 e. The minimum Gasteiger partial charge on any atom is -0.497 e. The first kappa shape index (κ1) is 14.7. The molecule has 0 amide bonds. The number of ether oxygens (including phenoxy) is 2. The quantitative estimate of drug-likeness (QED) is 0.910. The summed E-state index contributed by atoms with van der Waals surface area (Å²) in [7, 11) is 5.18. The summed E-state index contributed by atoms with van der Waals surface area (Å²) in [4.78, 5) is 0. The van der Waals surface area contributed by atoms with Crippen LogP contribution >= 0.6 is 11.6 Å². The van der Waals surface area contributed by atoms with E-state index in [1.54, 1.807) is 14.2 Å². The van der Waals surface area contributed by atoms with Gasteiger partial charge < -0.3 is 14.8 Å². The van der Waals surface area contributed by atoms with Gasteiger partial charge in [-0.1, -0.05) is 23.7 Å². The molecule has 0 aliphatic heterocycles. The van der Waals surface area contributed by atoms with E-state index in [4.69, 9.17) is 21.1 Å². The van der Waals surface area contributed by atoms with Gasteiger partial charge in [0.25, 0.3) is 0 Å². The summed E-state index contributed by atoms with van der Waals surface area (Å²) in [6.45, 7) is 0.751. The highest BCUT2D eigenvalue weighted by Crippen LogP contribution is 2.31. The van der Waals surface area contributed by atoms with Crippen molar-refractivity contribution in [2.75, 3.05) is 21.3 Å². The SMILES string of the molecule is CNCc1ccc(-c2cc(OC)cc(OC)c2)cc1Cl. The van der Waals surface area contributed by atoms with Crippen LogP contribution in [-0.4, -0.2) is 21.3 Å². The van der Waals surface area contributed by atoms with Crippen molar-refractivity contribution in [3.8, 4) is 22.6 Å². The molecule has 3 nitrogen and oxygen atoms in total. The van der Waals surface area contributed by atoms with E-state index in [-0.39, 0.29) is 0 Å². The predicted molar refractivity (Wildman–Crippen MR) is 82.8 cm³/mol. The second-order valence-electron chi connectivity index (χ2n) is 4.44. The lowest BCUT2D eigenvalue weighted by Gasteiger charge is -2.10. The Morgan fingerprint density at radius 1 is 0.950 bits per heavy atom. The van der Waals surface area contributed by atoms with Crippen molar-refractivity contribution < 1.29 is 9.47 Å². The number of halogens is 1. The van der Waals surface area contributed by atoms with E-state index >= 15 is 0 Å². The minimum absolute atomic E-state index is 0.749. The Kier molecular flexibility index (Phi) is 4.88. The summed E-state index contributed by atoms with van der Waals surface area (Å²) in [5.41, 5.74) is 3.12. The van der Waals surface area contributed by atoms with Crippen molar-refractivity contribution >= 4 is 11.6 Å². The fourth-order valence-corrected chi connectivity index (χ4v) is 2.28. The van der Waals surface area contributed by atoms with Crippen LogP contribution in [0.25, 0.3) is 11.1 Å². The van der Waals surface area contributed by atoms with Gasteiger partial charge in [-0.05, 0) is 41.9 Å². The molecule has 0 spiro atoms. The van der Waals surface area contributed by atoms with Gasteiger partial charge in [-0.25, -0.2) is 0 Å². The standard InChI is InChI=1S/C16H18ClNO2/c1-18-10-12-5-4-11(8-16(12)17)13-6-14(19-2)9-15(7-13)20-3/h4-9,18H,10H2,1-3H3. The average Bonchev–Trinajstić information content (AvgIpc) is 2.48. The number of methoxy groups -OCH3 is 2. The first-order valence-electron chi connectivity index (χ1n) is 6.34. The molecule has 0 unspecified atom stereocenters. The second-order valence-corrected chi connectivity index (χ2v) is 4.85. The minimum atomic E-state index is 0.749. The highest BCUT2D eigenvalue weighted by molar-refractivity contribution is 6.31. The Bertz CT molecular complexity index is 577. The van der Waals surface area contributed by atoms with Crippen molar-refractivity contribution in [3.05, 3.63) is 47.0 Å². The Labute approximate surface area is 124 Å². The van der Waals surface area contributed by atoms with Gasteiger partial charge in [-0.15, -0.1) is 0 Å². The van der Waals surface area contributed by atoms with Crippen molar-refractivity contribution in [1.82, 2.24) is 5.32 Å². The molecule has 0 radical (unpaired) electrons. The summed E-state index contributed by atoms with van der Waals surface area (Å²) in [5.74, 6) is 1.52. The van der Waals surface area contributed by atoms with Crippen LogP contribution in [0.4, 0.5) is 0 Å². The molecule has 4 heteroatoms. The summed E-state index contributed by atoms with van der Waals surface area (Å²) >= 11 is 6.30. The smallest absolute Gasteiger partial charge is 0.123 e. The molecule has 2 aromatic carbocycles. The highest BCUT2D eigenvalue weighted by atomic mass is 35.5. The van der Waals surface area contributed by atoms with Crippen LogP contribution in [0.15, 0.2) is 36.4 Å². The molecule has 0 saturated heterocycles. The summed E-state index contributed by atoms with van der Waals surface area (Å²) in [5, 5.41) is 3.84. The van der Waals surface area contributed by atoms with E-state index < -0.39 is 0 Å². The van der Waals surface area contributed by atoms with Gasteiger partial charge in [0, 0.05) is 17.6 Å². The number of nitrogens with one attached hydrogen (secondary N) is 1. The van der Waals surface area contributed by atoms with Crippen LogP contribution in [-0.2, 0) is 6.54 Å². The predicted octanol–water partition coefficient (Wildman–Crippen LogP) is 3.74. The monoisotopic (exact) mass is 291 g/mol. The summed E-state index contributed by atoms with van der Waals surface area (Å²) in [6.07, 6.45) is 0. The van der Waals surface area contributed by atoms with Gasteiger partial charge in [-0.3, -0.25) is 0 Å². The van der Waals surface area contributed by atoms with Crippen LogP contribution in [0.1, 0.15) is 5.56 Å². The average molecular weight is 292 g/mol. The van der Waals surface area contributed by atoms with E-state index in [0.29, 0.717) is 0 Å². The molecule has 0 atom stereocenters. The number of hydrogen-bond acceptors (Lipinski definition) is 3. The van der Waals surface area contributed by atoms with Crippen LogP contribution in [0.3, 0.4) is 0 Å². The molecule has 0 heterocycles. The molecule has 0 saturated carbocycles. The molecule has 0 aromatic heterocycles. The van der Waals surface area contributed by atoms with Gasteiger partial charge in [0.1, 0.15) is 11.5 Å². The Morgan fingerprint density at radius 3 is 2.10 bits per heavy atom. The van der Waals surface area contributed by atoms with E-state index in [9.17, 15) is 0 Å². The molecular formula is C16H18ClNO2. The maximum atomic E-state index is 6.30. The maximum Gasteiger partial charge on any atom is 0.123 e. The van der Waals surface area contributed by atoms with Crippen LogP contribution in [0.5, 0.6) is 11.5 Å². The number of benzene rings is 2. The van der Waals surface area contributed by atoms with Crippen molar-refractivity contribution in [1.29, 1.82) is 0 Å². The third-order valence-electron chi connectivity index (χ3n) is 3.11. The number of hydrogen-bond donors (Lipinski definition) is 1. The normalized spacial score (nSPS) is 10.4. The first-order valence-corrected chi connectivity index (χ1v) is 6.72. The molecule has 0 aliphatic rings. The third kappa shape index (κ3) is 3.24. The van der Waals surface area contributed by atoms with Gasteiger partial charge in [-0.2, -0.15) is 0 Å². The van der Waals surface area contributed by atoms with Crippen molar-refractivity contribution in [3.63, 3.8) is 0 Å². The fraction of sp³-hybridized carbons (Fsp3) is 0.250. The molecular weight excluding hydrogens is 274 g/mol. The first-order chi connectivity index (χ1) is 9.67. The zero-order valence-electron chi connectivity index (χ0n) is 11.9. The Morgan fingerprint density at radius 2 is 1.60 bits per heavy atom. The molecule has 0 fully saturated rings. The van der Waals surface area contributed by atoms with Gasteiger partial charge >= 0.3 is 0 Å². The lowest BCUT2D eigenvalue weighted by molar-refractivity contribution is 0.394.